The molecule has 22 heavy (non-hydrogen) atoms. The van der Waals surface area contributed by atoms with E-state index in [0.717, 1.165) is 17.9 Å². The molecule has 0 spiro atoms. The highest BCUT2D eigenvalue weighted by molar-refractivity contribution is 7.74. The first-order chi connectivity index (χ1) is 10.5. The van der Waals surface area contributed by atoms with Crippen molar-refractivity contribution in [2.24, 2.45) is 0 Å². The molecular formula is C19H25O2P. The van der Waals surface area contributed by atoms with Crippen LogP contribution in [0.2, 0.25) is 0 Å². The number of methoxy groups -OCH3 is 2. The van der Waals surface area contributed by atoms with Crippen LogP contribution in [0.25, 0.3) is 0 Å². The van der Waals surface area contributed by atoms with E-state index in [-0.39, 0.29) is 5.16 Å². The number of hydrogen-bond donors (Lipinski definition) is 0. The first kappa shape index (κ1) is 16.8. The number of hydrogen-bond acceptors (Lipinski definition) is 2. The highest BCUT2D eigenvalue weighted by Gasteiger charge is 2.30. The number of ether oxygens (including phenoxy) is 2. The first-order valence-corrected chi connectivity index (χ1v) is 8.94. The lowest BCUT2D eigenvalue weighted by Crippen LogP contribution is -2.28. The van der Waals surface area contributed by atoms with Gasteiger partial charge in [-0.15, -0.1) is 0 Å². The van der Waals surface area contributed by atoms with Crippen LogP contribution < -0.4 is 20.1 Å². The van der Waals surface area contributed by atoms with Crippen molar-refractivity contribution in [3.8, 4) is 11.5 Å². The molecule has 118 valence electrons. The maximum Gasteiger partial charge on any atom is 0.118 e. The minimum Gasteiger partial charge on any atom is -0.497 e. The summed E-state index contributed by atoms with van der Waals surface area (Å²) in [7, 11) is 2.97. The van der Waals surface area contributed by atoms with Crippen molar-refractivity contribution in [3.05, 3.63) is 48.5 Å². The van der Waals surface area contributed by atoms with Crippen LogP contribution in [0, 0.1) is 0 Å². The van der Waals surface area contributed by atoms with E-state index in [1.54, 1.807) is 14.2 Å². The molecule has 0 saturated carbocycles. The van der Waals surface area contributed by atoms with Gasteiger partial charge in [0.05, 0.1) is 14.2 Å². The van der Waals surface area contributed by atoms with Gasteiger partial charge in [-0.2, -0.15) is 0 Å². The standard InChI is InChI=1S/C19H25O2P/c1-6-19(2,3)22(17-11-7-15(20-4)8-12-17)18-13-9-16(21-5)10-14-18/h7-14H,6H2,1-5H3. The molecule has 2 rings (SSSR count). The van der Waals surface area contributed by atoms with Crippen LogP contribution in [0.4, 0.5) is 0 Å². The molecule has 0 aliphatic rings. The van der Waals surface area contributed by atoms with Crippen LogP contribution in [-0.2, 0) is 0 Å². The summed E-state index contributed by atoms with van der Waals surface area (Å²) in [5, 5.41) is 3.00. The second-order valence-electron chi connectivity index (χ2n) is 5.90. The van der Waals surface area contributed by atoms with Crippen molar-refractivity contribution >= 4 is 18.5 Å². The molecule has 0 amide bonds. The van der Waals surface area contributed by atoms with Crippen LogP contribution in [-0.4, -0.2) is 19.4 Å². The monoisotopic (exact) mass is 316 g/mol. The fourth-order valence-corrected chi connectivity index (χ4v) is 5.38. The SMILES string of the molecule is CCC(C)(C)P(c1ccc(OC)cc1)c1ccc(OC)cc1. The van der Waals surface area contributed by atoms with E-state index in [4.69, 9.17) is 9.47 Å². The molecular weight excluding hydrogens is 291 g/mol. The van der Waals surface area contributed by atoms with Gasteiger partial charge in [-0.25, -0.2) is 0 Å². The predicted molar refractivity (Wildman–Crippen MR) is 96.5 cm³/mol. The molecule has 2 aromatic rings. The fraction of sp³-hybridized carbons (Fsp3) is 0.368. The highest BCUT2D eigenvalue weighted by atomic mass is 31.1. The van der Waals surface area contributed by atoms with Gasteiger partial charge in [0.1, 0.15) is 11.5 Å². The quantitative estimate of drug-likeness (QED) is 0.739. The Kier molecular flexibility index (Phi) is 5.47. The average molecular weight is 316 g/mol. The summed E-state index contributed by atoms with van der Waals surface area (Å²) in [5.41, 5.74) is 0. The van der Waals surface area contributed by atoms with E-state index >= 15 is 0 Å². The molecule has 0 atom stereocenters. The fourth-order valence-electron chi connectivity index (χ4n) is 2.47. The van der Waals surface area contributed by atoms with Gasteiger partial charge in [-0.05, 0) is 54.4 Å². The van der Waals surface area contributed by atoms with Crippen LogP contribution in [0.5, 0.6) is 11.5 Å². The minimum absolute atomic E-state index is 0.235. The second kappa shape index (κ2) is 7.15. The van der Waals surface area contributed by atoms with Crippen LogP contribution in [0.1, 0.15) is 27.2 Å². The van der Waals surface area contributed by atoms with Gasteiger partial charge in [0.15, 0.2) is 0 Å². The first-order valence-electron chi connectivity index (χ1n) is 7.60. The van der Waals surface area contributed by atoms with Gasteiger partial charge >= 0.3 is 0 Å². The maximum atomic E-state index is 5.29. The third-order valence-corrected chi connectivity index (χ3v) is 7.29. The second-order valence-corrected chi connectivity index (χ2v) is 8.81. The van der Waals surface area contributed by atoms with Gasteiger partial charge in [0.25, 0.3) is 0 Å². The molecule has 0 aliphatic carbocycles. The lowest BCUT2D eigenvalue weighted by molar-refractivity contribution is 0.415. The van der Waals surface area contributed by atoms with Crippen LogP contribution in [0.3, 0.4) is 0 Å². The highest BCUT2D eigenvalue weighted by Crippen LogP contribution is 2.49. The van der Waals surface area contributed by atoms with Crippen molar-refractivity contribution in [1.82, 2.24) is 0 Å². The average Bonchev–Trinajstić information content (AvgIpc) is 2.56. The Balaban J connectivity index is 2.45. The molecule has 0 radical (unpaired) electrons. The van der Waals surface area contributed by atoms with E-state index < -0.39 is 7.92 Å². The number of rotatable bonds is 6. The van der Waals surface area contributed by atoms with E-state index in [0.29, 0.717) is 0 Å². The summed E-state index contributed by atoms with van der Waals surface area (Å²) in [4.78, 5) is 0. The zero-order chi connectivity index (χ0) is 16.2. The molecule has 0 aromatic heterocycles. The van der Waals surface area contributed by atoms with Crippen molar-refractivity contribution < 1.29 is 9.47 Å². The van der Waals surface area contributed by atoms with E-state index in [2.05, 4.69) is 69.3 Å². The summed E-state index contributed by atoms with van der Waals surface area (Å²) in [6.07, 6.45) is 1.14. The topological polar surface area (TPSA) is 18.5 Å². The van der Waals surface area contributed by atoms with Gasteiger partial charge in [-0.3, -0.25) is 0 Å². The Hall–Kier alpha value is -1.53. The Morgan fingerprint density at radius 2 is 1.14 bits per heavy atom. The minimum atomic E-state index is -0.440. The molecule has 0 fully saturated rings. The maximum absolute atomic E-state index is 5.29. The van der Waals surface area contributed by atoms with Gasteiger partial charge in [0.2, 0.25) is 0 Å². The molecule has 0 unspecified atom stereocenters. The van der Waals surface area contributed by atoms with Crippen LogP contribution in [0.15, 0.2) is 48.5 Å². The molecule has 0 aliphatic heterocycles. The normalized spacial score (nSPS) is 11.5. The Morgan fingerprint density at radius 3 is 1.41 bits per heavy atom. The summed E-state index contributed by atoms with van der Waals surface area (Å²) in [6.45, 7) is 6.97. The predicted octanol–water partition coefficient (Wildman–Crippen LogP) is 4.33. The van der Waals surface area contributed by atoms with Crippen LogP contribution >= 0.6 is 7.92 Å². The molecule has 0 bridgehead atoms. The third kappa shape index (κ3) is 3.62. The Morgan fingerprint density at radius 1 is 0.773 bits per heavy atom. The summed E-state index contributed by atoms with van der Waals surface area (Å²) < 4.78 is 10.6. The van der Waals surface area contributed by atoms with E-state index in [1.807, 2.05) is 0 Å². The molecule has 0 N–H and O–H groups in total. The summed E-state index contributed by atoms with van der Waals surface area (Å²) >= 11 is 0. The molecule has 0 saturated heterocycles. The zero-order valence-corrected chi connectivity index (χ0v) is 15.0. The lowest BCUT2D eigenvalue weighted by Gasteiger charge is -2.35. The molecule has 3 heteroatoms. The zero-order valence-electron chi connectivity index (χ0n) is 14.1. The van der Waals surface area contributed by atoms with E-state index in [9.17, 15) is 0 Å². The largest absolute Gasteiger partial charge is 0.497 e. The van der Waals surface area contributed by atoms with Gasteiger partial charge in [0, 0.05) is 0 Å². The summed E-state index contributed by atoms with van der Waals surface area (Å²) in [5.74, 6) is 1.81. The Labute approximate surface area is 135 Å². The van der Waals surface area contributed by atoms with Gasteiger partial charge < -0.3 is 9.47 Å². The molecule has 0 heterocycles. The smallest absolute Gasteiger partial charge is 0.118 e. The van der Waals surface area contributed by atoms with E-state index in [1.165, 1.54) is 10.6 Å². The van der Waals surface area contributed by atoms with Crippen molar-refractivity contribution in [1.29, 1.82) is 0 Å². The molecule has 2 nitrogen and oxygen atoms in total. The van der Waals surface area contributed by atoms with Crippen molar-refractivity contribution in [2.75, 3.05) is 14.2 Å². The number of benzene rings is 2. The molecule has 2 aromatic carbocycles. The third-order valence-electron chi connectivity index (χ3n) is 4.13. The lowest BCUT2D eigenvalue weighted by atomic mass is 10.1. The Bertz CT molecular complexity index is 540. The van der Waals surface area contributed by atoms with Crippen molar-refractivity contribution in [2.45, 2.75) is 32.3 Å². The summed E-state index contributed by atoms with van der Waals surface area (Å²) in [6, 6.07) is 17.0. The van der Waals surface area contributed by atoms with Crippen molar-refractivity contribution in [3.63, 3.8) is 0 Å². The van der Waals surface area contributed by atoms with Gasteiger partial charge in [-0.1, -0.05) is 45.0 Å².